The highest BCUT2D eigenvalue weighted by molar-refractivity contribution is 5.99. The summed E-state index contributed by atoms with van der Waals surface area (Å²) in [6.45, 7) is 3.46. The molecule has 1 aromatic heterocycles. The minimum absolute atomic E-state index is 0.0822. The topological polar surface area (TPSA) is 62.5 Å². The molecular formula is C16H24N4O. The normalized spacial score (nSPS) is 23.2. The number of rotatable bonds is 2. The first-order valence-electron chi connectivity index (χ1n) is 8.00. The van der Waals surface area contributed by atoms with Crippen LogP contribution >= 0.6 is 0 Å². The Hall–Kier alpha value is -1.62. The quantitative estimate of drug-likeness (QED) is 0.898. The second kappa shape index (κ2) is 6.43. The van der Waals surface area contributed by atoms with Gasteiger partial charge >= 0.3 is 0 Å². The van der Waals surface area contributed by atoms with E-state index in [-0.39, 0.29) is 11.9 Å². The van der Waals surface area contributed by atoms with Gasteiger partial charge in [0.2, 0.25) is 0 Å². The molecule has 3 heterocycles. The zero-order valence-electron chi connectivity index (χ0n) is 12.5. The third-order valence-electron chi connectivity index (χ3n) is 4.42. The third kappa shape index (κ3) is 3.18. The van der Waals surface area contributed by atoms with Gasteiger partial charge in [-0.3, -0.25) is 4.79 Å². The Kier molecular flexibility index (Phi) is 4.39. The first-order valence-corrected chi connectivity index (χ1v) is 8.00. The summed E-state index contributed by atoms with van der Waals surface area (Å²) in [4.78, 5) is 21.4. The number of aromatic nitrogens is 1. The molecule has 1 unspecified atom stereocenters. The molecular weight excluding hydrogens is 264 g/mol. The van der Waals surface area contributed by atoms with Crippen molar-refractivity contribution in [2.75, 3.05) is 31.1 Å². The fourth-order valence-electron chi connectivity index (χ4n) is 3.29. The van der Waals surface area contributed by atoms with Crippen molar-refractivity contribution in [3.63, 3.8) is 0 Å². The first kappa shape index (κ1) is 14.3. The van der Waals surface area contributed by atoms with E-state index >= 15 is 0 Å². The van der Waals surface area contributed by atoms with E-state index in [1.54, 1.807) is 6.20 Å². The predicted molar refractivity (Wildman–Crippen MR) is 83.4 cm³/mol. The van der Waals surface area contributed by atoms with Gasteiger partial charge in [0.25, 0.3) is 5.91 Å². The van der Waals surface area contributed by atoms with Crippen LogP contribution in [-0.2, 0) is 0 Å². The lowest BCUT2D eigenvalue weighted by Gasteiger charge is -2.33. The second-order valence-corrected chi connectivity index (χ2v) is 6.08. The Bertz CT molecular complexity index is 499. The Morgan fingerprint density at radius 2 is 2.00 bits per heavy atom. The number of hydrogen-bond donors (Lipinski definition) is 1. The van der Waals surface area contributed by atoms with Crippen molar-refractivity contribution in [1.82, 2.24) is 9.88 Å². The first-order chi connectivity index (χ1) is 10.3. The van der Waals surface area contributed by atoms with Crippen LogP contribution in [0, 0.1) is 0 Å². The monoisotopic (exact) mass is 288 g/mol. The van der Waals surface area contributed by atoms with Crippen LogP contribution in [0.3, 0.4) is 0 Å². The second-order valence-electron chi connectivity index (χ2n) is 6.08. The zero-order chi connectivity index (χ0) is 14.7. The summed E-state index contributed by atoms with van der Waals surface area (Å²) in [7, 11) is 0. The summed E-state index contributed by atoms with van der Waals surface area (Å²) in [5.41, 5.74) is 6.73. The van der Waals surface area contributed by atoms with Crippen LogP contribution < -0.4 is 10.6 Å². The van der Waals surface area contributed by atoms with Crippen molar-refractivity contribution in [3.05, 3.63) is 23.9 Å². The minimum atomic E-state index is 0.0822. The fourth-order valence-corrected chi connectivity index (χ4v) is 3.29. The van der Waals surface area contributed by atoms with Crippen LogP contribution in [0.2, 0.25) is 0 Å². The van der Waals surface area contributed by atoms with Crippen LogP contribution in [0.1, 0.15) is 42.5 Å². The smallest absolute Gasteiger partial charge is 0.257 e. The van der Waals surface area contributed by atoms with Gasteiger partial charge in [0.05, 0.1) is 5.56 Å². The number of carbonyl (C=O) groups excluding carboxylic acids is 1. The lowest BCUT2D eigenvalue weighted by Crippen LogP contribution is -2.46. The van der Waals surface area contributed by atoms with Crippen LogP contribution in [0.15, 0.2) is 18.3 Å². The zero-order valence-corrected chi connectivity index (χ0v) is 12.5. The molecule has 3 rings (SSSR count). The molecule has 5 nitrogen and oxygen atoms in total. The van der Waals surface area contributed by atoms with Gasteiger partial charge < -0.3 is 15.5 Å². The Balaban J connectivity index is 1.82. The van der Waals surface area contributed by atoms with Crippen molar-refractivity contribution in [3.8, 4) is 0 Å². The number of pyridine rings is 1. The number of anilines is 1. The number of nitrogens with two attached hydrogens (primary N) is 1. The summed E-state index contributed by atoms with van der Waals surface area (Å²) >= 11 is 0. The van der Waals surface area contributed by atoms with E-state index in [2.05, 4.69) is 9.88 Å². The Labute approximate surface area is 126 Å². The number of hydrogen-bond acceptors (Lipinski definition) is 4. The van der Waals surface area contributed by atoms with E-state index in [4.69, 9.17) is 5.73 Å². The fraction of sp³-hybridized carbons (Fsp3) is 0.625. The average molecular weight is 288 g/mol. The molecule has 0 radical (unpaired) electrons. The maximum absolute atomic E-state index is 12.8. The summed E-state index contributed by atoms with van der Waals surface area (Å²) in [6.07, 6.45) is 7.41. The highest BCUT2D eigenvalue weighted by Gasteiger charge is 2.26. The molecule has 0 aromatic carbocycles. The number of likely N-dealkylation sites (tertiary alicyclic amines) is 1. The molecule has 2 fully saturated rings. The van der Waals surface area contributed by atoms with E-state index in [0.29, 0.717) is 6.54 Å². The van der Waals surface area contributed by atoms with Crippen LogP contribution in [0.25, 0.3) is 0 Å². The molecule has 5 heteroatoms. The van der Waals surface area contributed by atoms with Gasteiger partial charge in [0.15, 0.2) is 0 Å². The Morgan fingerprint density at radius 1 is 1.19 bits per heavy atom. The van der Waals surface area contributed by atoms with Crippen molar-refractivity contribution in [2.24, 2.45) is 5.73 Å². The predicted octanol–water partition coefficient (Wildman–Crippen LogP) is 1.64. The highest BCUT2D eigenvalue weighted by atomic mass is 16.2. The molecule has 2 aliphatic heterocycles. The van der Waals surface area contributed by atoms with Crippen LogP contribution in [-0.4, -0.2) is 48.0 Å². The van der Waals surface area contributed by atoms with Gasteiger partial charge in [-0.15, -0.1) is 0 Å². The van der Waals surface area contributed by atoms with E-state index in [0.717, 1.165) is 43.9 Å². The van der Waals surface area contributed by atoms with E-state index in [9.17, 15) is 4.79 Å². The molecule has 21 heavy (non-hydrogen) atoms. The minimum Gasteiger partial charge on any atom is -0.356 e. The van der Waals surface area contributed by atoms with Crippen molar-refractivity contribution >= 4 is 11.7 Å². The Morgan fingerprint density at radius 3 is 2.76 bits per heavy atom. The van der Waals surface area contributed by atoms with Gasteiger partial charge in [0.1, 0.15) is 5.82 Å². The maximum Gasteiger partial charge on any atom is 0.257 e. The molecule has 1 atom stereocenters. The van der Waals surface area contributed by atoms with Gasteiger partial charge in [-0.1, -0.05) is 0 Å². The largest absolute Gasteiger partial charge is 0.356 e. The molecule has 1 aromatic rings. The lowest BCUT2D eigenvalue weighted by atomic mass is 10.0. The molecule has 1 amide bonds. The summed E-state index contributed by atoms with van der Waals surface area (Å²) in [5, 5.41) is 0. The molecule has 0 saturated carbocycles. The van der Waals surface area contributed by atoms with E-state index < -0.39 is 0 Å². The maximum atomic E-state index is 12.8. The lowest BCUT2D eigenvalue weighted by molar-refractivity contribution is 0.0709. The van der Waals surface area contributed by atoms with Crippen molar-refractivity contribution in [1.29, 1.82) is 0 Å². The molecule has 2 N–H and O–H groups in total. The molecule has 2 aliphatic rings. The van der Waals surface area contributed by atoms with Gasteiger partial charge in [-0.05, 0) is 44.2 Å². The highest BCUT2D eigenvalue weighted by Crippen LogP contribution is 2.23. The number of amides is 1. The molecule has 2 saturated heterocycles. The van der Waals surface area contributed by atoms with Crippen LogP contribution in [0.5, 0.6) is 0 Å². The van der Waals surface area contributed by atoms with Crippen molar-refractivity contribution in [2.45, 2.75) is 38.1 Å². The molecule has 114 valence electrons. The summed E-state index contributed by atoms with van der Waals surface area (Å²) in [6, 6.07) is 3.86. The number of carbonyl (C=O) groups is 1. The van der Waals surface area contributed by atoms with E-state index in [1.165, 1.54) is 19.3 Å². The standard InChI is InChI=1S/C16H24N4O/c17-13-6-5-11-20(12-13)16(21)14-7-4-8-18-15(14)19-9-2-1-3-10-19/h4,7-8,13H,1-3,5-6,9-12,17H2. The van der Waals surface area contributed by atoms with Gasteiger partial charge in [-0.2, -0.15) is 0 Å². The number of piperidine rings is 2. The average Bonchev–Trinajstić information content (AvgIpc) is 2.55. The summed E-state index contributed by atoms with van der Waals surface area (Å²) < 4.78 is 0. The van der Waals surface area contributed by atoms with Gasteiger partial charge in [-0.25, -0.2) is 4.98 Å². The van der Waals surface area contributed by atoms with Crippen molar-refractivity contribution < 1.29 is 4.79 Å². The molecule has 0 aliphatic carbocycles. The van der Waals surface area contributed by atoms with Gasteiger partial charge in [0, 0.05) is 38.4 Å². The molecule has 0 bridgehead atoms. The third-order valence-corrected chi connectivity index (χ3v) is 4.42. The van der Waals surface area contributed by atoms with Crippen LogP contribution in [0.4, 0.5) is 5.82 Å². The SMILES string of the molecule is NC1CCCN(C(=O)c2cccnc2N2CCCCC2)C1. The summed E-state index contributed by atoms with van der Waals surface area (Å²) in [5.74, 6) is 0.931. The van der Waals surface area contributed by atoms with E-state index in [1.807, 2.05) is 17.0 Å². The molecule has 0 spiro atoms. The number of nitrogens with zero attached hydrogens (tertiary/aromatic N) is 3.